The quantitative estimate of drug-likeness (QED) is 0.660. The second-order valence-corrected chi connectivity index (χ2v) is 12.5. The van der Waals surface area contributed by atoms with E-state index in [1.807, 2.05) is 0 Å². The van der Waals surface area contributed by atoms with Gasteiger partial charge >= 0.3 is 0 Å². The van der Waals surface area contributed by atoms with Crippen LogP contribution in [0, 0.1) is 0 Å². The van der Waals surface area contributed by atoms with Crippen molar-refractivity contribution >= 4 is 20.3 Å². The number of anilines is 1. The van der Waals surface area contributed by atoms with Gasteiger partial charge in [0.15, 0.2) is 0 Å². The van der Waals surface area contributed by atoms with E-state index in [-0.39, 0.29) is 11.5 Å². The van der Waals surface area contributed by atoms with Crippen molar-refractivity contribution in [2.45, 2.75) is 43.4 Å². The zero-order chi connectivity index (χ0) is 17.9. The Hall–Kier alpha value is -1.69. The molecule has 3 atom stereocenters. The first-order valence-corrected chi connectivity index (χ1v) is 12.6. The van der Waals surface area contributed by atoms with Crippen molar-refractivity contribution < 1.29 is 9.22 Å². The van der Waals surface area contributed by atoms with Crippen LogP contribution in [0.3, 0.4) is 0 Å². The molecule has 1 aromatic rings. The van der Waals surface area contributed by atoms with Gasteiger partial charge in [-0.25, -0.2) is 0 Å². The number of nitrogens with one attached hydrogen (secondary N) is 1. The highest BCUT2D eigenvalue weighted by atomic mass is 28.4. The Morgan fingerprint density at radius 2 is 2.19 bits per heavy atom. The van der Waals surface area contributed by atoms with Crippen LogP contribution in [0.15, 0.2) is 47.2 Å². The van der Waals surface area contributed by atoms with Gasteiger partial charge in [-0.3, -0.25) is 9.69 Å². The van der Waals surface area contributed by atoms with Gasteiger partial charge in [-0.15, -0.1) is 0 Å². The van der Waals surface area contributed by atoms with E-state index >= 15 is 0 Å². The number of likely N-dealkylation sites (tertiary alicyclic amines) is 1. The van der Waals surface area contributed by atoms with Gasteiger partial charge in [0, 0.05) is 29.3 Å². The molecule has 0 unspecified atom stereocenters. The predicted octanol–water partition coefficient (Wildman–Crippen LogP) is 3.02. The van der Waals surface area contributed by atoms with Crippen LogP contribution in [0.1, 0.15) is 18.4 Å². The molecule has 4 aliphatic rings. The lowest BCUT2D eigenvalue weighted by Gasteiger charge is -2.43. The van der Waals surface area contributed by atoms with E-state index < -0.39 is 8.32 Å². The molecule has 5 rings (SSSR count). The molecule has 3 aliphatic heterocycles. The number of para-hydroxylation sites is 1. The summed E-state index contributed by atoms with van der Waals surface area (Å²) in [4.78, 5) is 14.4. The van der Waals surface area contributed by atoms with Gasteiger partial charge in [-0.1, -0.05) is 30.4 Å². The summed E-state index contributed by atoms with van der Waals surface area (Å²) in [5, 5.41) is 5.20. The van der Waals surface area contributed by atoms with Crippen LogP contribution < -0.4 is 5.32 Å². The number of benzene rings is 1. The summed E-state index contributed by atoms with van der Waals surface area (Å²) < 4.78 is 6.02. The third-order valence-electron chi connectivity index (χ3n) is 7.06. The van der Waals surface area contributed by atoms with Crippen LogP contribution in [0.4, 0.5) is 5.69 Å². The Labute approximate surface area is 156 Å². The smallest absolute Gasteiger partial charge is 0.215 e. The van der Waals surface area contributed by atoms with E-state index in [9.17, 15) is 4.79 Å². The van der Waals surface area contributed by atoms with Crippen molar-refractivity contribution in [2.24, 2.45) is 0 Å². The SMILES string of the molecule is C[Si]1(C)OCC=C1CN1CC[C@]23c4ccccc4N[C@H]2C(C=O)=CC[C@H]13. The van der Waals surface area contributed by atoms with Gasteiger partial charge in [-0.2, -0.15) is 0 Å². The average Bonchev–Trinajstić information content (AvgIpc) is 3.28. The first-order chi connectivity index (χ1) is 12.6. The standard InChI is InChI=1S/C21H26N2O2Si/c1-26(2)16(9-12-25-26)13-23-11-10-21-17-5-3-4-6-18(17)22-20(21)15(14-24)7-8-19(21)23/h3-7,9,14,19-20,22H,8,10-13H2,1-2H3/t19-,20-,21+/m0/s1. The fraction of sp³-hybridized carbons (Fsp3) is 0.476. The number of carbonyl (C=O) groups excluding carboxylic acids is 1. The van der Waals surface area contributed by atoms with Gasteiger partial charge in [0.25, 0.3) is 0 Å². The number of fused-ring (bicyclic) bond motifs is 1. The summed E-state index contributed by atoms with van der Waals surface area (Å²) in [7, 11) is -1.69. The topological polar surface area (TPSA) is 41.6 Å². The second kappa shape index (κ2) is 5.65. The summed E-state index contributed by atoms with van der Waals surface area (Å²) in [5.41, 5.74) is 3.56. The minimum Gasteiger partial charge on any atom is -0.410 e. The van der Waals surface area contributed by atoms with Crippen molar-refractivity contribution in [1.29, 1.82) is 0 Å². The fourth-order valence-electron chi connectivity index (χ4n) is 5.66. The number of hydrogen-bond acceptors (Lipinski definition) is 4. The molecule has 4 nitrogen and oxygen atoms in total. The Bertz CT molecular complexity index is 831. The molecule has 0 radical (unpaired) electrons. The summed E-state index contributed by atoms with van der Waals surface area (Å²) >= 11 is 0. The lowest BCUT2D eigenvalue weighted by atomic mass is 9.65. The zero-order valence-corrected chi connectivity index (χ0v) is 16.5. The highest BCUT2D eigenvalue weighted by Gasteiger charge is 2.59. The minimum atomic E-state index is -1.69. The van der Waals surface area contributed by atoms with Crippen molar-refractivity contribution in [3.05, 3.63) is 52.8 Å². The molecule has 0 aromatic heterocycles. The number of rotatable bonds is 3. The first-order valence-electron chi connectivity index (χ1n) is 9.65. The van der Waals surface area contributed by atoms with Crippen molar-refractivity contribution in [2.75, 3.05) is 25.0 Å². The Balaban J connectivity index is 1.54. The van der Waals surface area contributed by atoms with Crippen LogP contribution in [0.2, 0.25) is 13.1 Å². The van der Waals surface area contributed by atoms with Crippen molar-refractivity contribution in [3.8, 4) is 0 Å². The summed E-state index contributed by atoms with van der Waals surface area (Å²) in [6.07, 6.45) is 7.60. The first kappa shape index (κ1) is 16.5. The van der Waals surface area contributed by atoms with E-state index in [4.69, 9.17) is 4.43 Å². The van der Waals surface area contributed by atoms with E-state index in [0.717, 1.165) is 44.4 Å². The molecule has 1 aromatic carbocycles. The van der Waals surface area contributed by atoms with Crippen LogP contribution in [-0.2, 0) is 14.6 Å². The molecule has 26 heavy (non-hydrogen) atoms. The number of hydrogen-bond donors (Lipinski definition) is 1. The van der Waals surface area contributed by atoms with Gasteiger partial charge < -0.3 is 9.74 Å². The molecule has 1 aliphatic carbocycles. The molecule has 3 heterocycles. The second-order valence-electron chi connectivity index (χ2n) is 8.51. The third kappa shape index (κ3) is 2.11. The highest BCUT2D eigenvalue weighted by molar-refractivity contribution is 6.79. The highest BCUT2D eigenvalue weighted by Crippen LogP contribution is 2.55. The lowest BCUT2D eigenvalue weighted by Crippen LogP contribution is -2.53. The zero-order valence-electron chi connectivity index (χ0n) is 15.5. The maximum absolute atomic E-state index is 11.7. The van der Waals surface area contributed by atoms with E-state index in [2.05, 4.69) is 59.7 Å². The maximum Gasteiger partial charge on any atom is 0.215 e. The summed E-state index contributed by atoms with van der Waals surface area (Å²) in [6.45, 7) is 7.49. The van der Waals surface area contributed by atoms with Crippen molar-refractivity contribution in [3.63, 3.8) is 0 Å². The monoisotopic (exact) mass is 366 g/mol. The minimum absolute atomic E-state index is 0.0211. The third-order valence-corrected chi connectivity index (χ3v) is 9.86. The Morgan fingerprint density at radius 1 is 1.35 bits per heavy atom. The molecule has 0 saturated carbocycles. The molecular formula is C21H26N2O2Si. The molecule has 1 spiro atoms. The molecule has 5 heteroatoms. The van der Waals surface area contributed by atoms with Crippen LogP contribution >= 0.6 is 0 Å². The Kier molecular flexibility index (Phi) is 3.58. The summed E-state index contributed by atoms with van der Waals surface area (Å²) in [5.74, 6) is 0. The Morgan fingerprint density at radius 3 is 2.96 bits per heavy atom. The average molecular weight is 367 g/mol. The van der Waals surface area contributed by atoms with Gasteiger partial charge in [0.05, 0.1) is 12.6 Å². The van der Waals surface area contributed by atoms with E-state index in [1.165, 1.54) is 16.4 Å². The molecule has 136 valence electrons. The van der Waals surface area contributed by atoms with Gasteiger partial charge in [-0.05, 0) is 49.3 Å². The maximum atomic E-state index is 11.7. The predicted molar refractivity (Wildman–Crippen MR) is 106 cm³/mol. The molecule has 0 amide bonds. The molecule has 0 bridgehead atoms. The van der Waals surface area contributed by atoms with E-state index in [0.29, 0.717) is 6.04 Å². The normalized spacial score (nSPS) is 34.4. The van der Waals surface area contributed by atoms with Gasteiger partial charge in [0.1, 0.15) is 6.29 Å². The molecule has 1 fully saturated rings. The number of nitrogens with zero attached hydrogens (tertiary/aromatic N) is 1. The van der Waals surface area contributed by atoms with Crippen LogP contribution in [0.25, 0.3) is 0 Å². The van der Waals surface area contributed by atoms with Crippen LogP contribution in [0.5, 0.6) is 0 Å². The molecule has 1 N–H and O–H groups in total. The summed E-state index contributed by atoms with van der Waals surface area (Å²) in [6, 6.07) is 9.20. The van der Waals surface area contributed by atoms with Crippen LogP contribution in [-0.4, -0.2) is 51.3 Å². The number of carbonyl (C=O) groups is 1. The van der Waals surface area contributed by atoms with Crippen molar-refractivity contribution in [1.82, 2.24) is 4.90 Å². The number of aldehydes is 1. The lowest BCUT2D eigenvalue weighted by molar-refractivity contribution is -0.105. The molecule has 1 saturated heterocycles. The molecular weight excluding hydrogens is 340 g/mol. The van der Waals surface area contributed by atoms with Gasteiger partial charge in [0.2, 0.25) is 8.32 Å². The largest absolute Gasteiger partial charge is 0.410 e. The fourth-order valence-corrected chi connectivity index (χ4v) is 7.50. The van der Waals surface area contributed by atoms with E-state index in [1.54, 1.807) is 0 Å².